The molecule has 0 saturated heterocycles. The monoisotopic (exact) mass is 343 g/mol. The third-order valence-electron chi connectivity index (χ3n) is 4.91. The van der Waals surface area contributed by atoms with Crippen LogP contribution in [0.2, 0.25) is 0 Å². The summed E-state index contributed by atoms with van der Waals surface area (Å²) in [5.74, 6) is 0.0940. The fraction of sp³-hybridized carbons (Fsp3) is 0.174. The molecule has 0 unspecified atom stereocenters. The third kappa shape index (κ3) is 3.08. The lowest BCUT2D eigenvalue weighted by molar-refractivity contribution is 0.106. The average Bonchev–Trinajstić information content (AvgIpc) is 3.01. The zero-order valence-corrected chi connectivity index (χ0v) is 14.8. The van der Waals surface area contributed by atoms with E-state index in [0.717, 1.165) is 5.56 Å². The van der Waals surface area contributed by atoms with Gasteiger partial charge in [-0.05, 0) is 27.8 Å². The topological polar surface area (TPSA) is 29.5 Å². The molecule has 0 saturated carbocycles. The van der Waals surface area contributed by atoms with E-state index in [1.807, 2.05) is 42.5 Å². The third-order valence-corrected chi connectivity index (χ3v) is 4.91. The van der Waals surface area contributed by atoms with Crippen molar-refractivity contribution in [2.45, 2.75) is 12.5 Å². The van der Waals surface area contributed by atoms with Crippen LogP contribution in [0.3, 0.4) is 0 Å². The van der Waals surface area contributed by atoms with Crippen molar-refractivity contribution in [3.8, 4) is 11.1 Å². The van der Waals surface area contributed by atoms with Crippen LogP contribution < -0.4 is 0 Å². The molecule has 3 aromatic carbocycles. The summed E-state index contributed by atoms with van der Waals surface area (Å²) in [6.45, 7) is 0.892. The second kappa shape index (κ2) is 7.04. The Bertz CT molecular complexity index is 875. The van der Waals surface area contributed by atoms with Gasteiger partial charge in [0.1, 0.15) is 6.61 Å². The van der Waals surface area contributed by atoms with Crippen LogP contribution in [0, 0.1) is 0 Å². The van der Waals surface area contributed by atoms with E-state index < -0.39 is 0 Å². The smallest absolute Gasteiger partial charge is 0.409 e. The van der Waals surface area contributed by atoms with Gasteiger partial charge in [-0.15, -0.1) is 0 Å². The maximum Gasteiger partial charge on any atom is 0.409 e. The minimum atomic E-state index is -0.296. The van der Waals surface area contributed by atoms with Crippen molar-refractivity contribution in [3.05, 3.63) is 95.6 Å². The molecule has 0 fully saturated rings. The van der Waals surface area contributed by atoms with E-state index in [4.69, 9.17) is 4.74 Å². The van der Waals surface area contributed by atoms with Crippen molar-refractivity contribution < 1.29 is 9.53 Å². The van der Waals surface area contributed by atoms with E-state index in [9.17, 15) is 4.79 Å². The van der Waals surface area contributed by atoms with Gasteiger partial charge in [0.25, 0.3) is 0 Å². The molecule has 0 spiro atoms. The number of carbonyl (C=O) groups excluding carboxylic acids is 1. The average molecular weight is 343 g/mol. The number of hydrogen-bond donors (Lipinski definition) is 0. The first-order valence-electron chi connectivity index (χ1n) is 8.84. The molecule has 3 aromatic rings. The van der Waals surface area contributed by atoms with Crippen molar-refractivity contribution in [1.82, 2.24) is 4.90 Å². The Hall–Kier alpha value is -3.07. The molecule has 0 bridgehead atoms. The molecular formula is C23H21NO2. The molecule has 3 heteroatoms. The van der Waals surface area contributed by atoms with Crippen molar-refractivity contribution in [1.29, 1.82) is 0 Å². The Morgan fingerprint density at radius 3 is 2.00 bits per heavy atom. The van der Waals surface area contributed by atoms with Gasteiger partial charge in [-0.3, -0.25) is 0 Å². The van der Waals surface area contributed by atoms with Gasteiger partial charge in [0, 0.05) is 19.5 Å². The van der Waals surface area contributed by atoms with Gasteiger partial charge < -0.3 is 9.64 Å². The number of amides is 1. The lowest BCUT2D eigenvalue weighted by Gasteiger charge is -2.19. The van der Waals surface area contributed by atoms with Crippen LogP contribution in [-0.4, -0.2) is 24.6 Å². The van der Waals surface area contributed by atoms with Crippen LogP contribution in [0.4, 0.5) is 4.79 Å². The lowest BCUT2D eigenvalue weighted by Crippen LogP contribution is -2.28. The molecule has 0 aromatic heterocycles. The molecule has 3 nitrogen and oxygen atoms in total. The summed E-state index contributed by atoms with van der Waals surface area (Å²) in [5, 5.41) is 0. The zero-order chi connectivity index (χ0) is 17.9. The molecule has 130 valence electrons. The van der Waals surface area contributed by atoms with E-state index >= 15 is 0 Å². The second-order valence-electron chi connectivity index (χ2n) is 6.65. The van der Waals surface area contributed by atoms with Crippen LogP contribution in [0.1, 0.15) is 22.6 Å². The van der Waals surface area contributed by atoms with Gasteiger partial charge in [-0.25, -0.2) is 4.79 Å². The maximum atomic E-state index is 12.4. The minimum absolute atomic E-state index is 0.0940. The fourth-order valence-corrected chi connectivity index (χ4v) is 3.63. The molecule has 26 heavy (non-hydrogen) atoms. The Kier molecular flexibility index (Phi) is 4.44. The molecule has 1 aliphatic rings. The number of fused-ring (bicyclic) bond motifs is 3. The fourth-order valence-electron chi connectivity index (χ4n) is 3.63. The van der Waals surface area contributed by atoms with Crippen molar-refractivity contribution in [2.75, 3.05) is 13.7 Å². The number of rotatable bonds is 4. The van der Waals surface area contributed by atoms with Gasteiger partial charge in [0.05, 0.1) is 0 Å². The largest absolute Gasteiger partial charge is 0.448 e. The van der Waals surface area contributed by atoms with Gasteiger partial charge in [-0.2, -0.15) is 0 Å². The zero-order valence-electron chi connectivity index (χ0n) is 14.8. The molecular weight excluding hydrogens is 322 g/mol. The predicted octanol–water partition coefficient (Wildman–Crippen LogP) is 5.07. The summed E-state index contributed by atoms with van der Waals surface area (Å²) in [7, 11) is 1.77. The molecule has 4 rings (SSSR count). The normalized spacial score (nSPS) is 12.3. The maximum absolute atomic E-state index is 12.4. The van der Waals surface area contributed by atoms with Gasteiger partial charge >= 0.3 is 6.09 Å². The summed E-state index contributed by atoms with van der Waals surface area (Å²) < 4.78 is 5.66. The quantitative estimate of drug-likeness (QED) is 0.662. The van der Waals surface area contributed by atoms with Crippen molar-refractivity contribution in [2.24, 2.45) is 0 Å². The molecule has 0 atom stereocenters. The standard InChI is InChI=1S/C23H21NO2/c1-24(15-17-9-3-2-4-10-17)23(25)26-16-22-20-13-7-5-11-18(20)19-12-6-8-14-21(19)22/h2-14,22H,15-16H2,1H3. The van der Waals surface area contributed by atoms with Gasteiger partial charge in [0.2, 0.25) is 0 Å². The summed E-state index contributed by atoms with van der Waals surface area (Å²) in [6, 6.07) is 26.6. The lowest BCUT2D eigenvalue weighted by atomic mass is 9.98. The van der Waals surface area contributed by atoms with Crippen LogP contribution in [-0.2, 0) is 11.3 Å². The highest BCUT2D eigenvalue weighted by atomic mass is 16.6. The Morgan fingerprint density at radius 2 is 1.38 bits per heavy atom. The Labute approximate surface area is 153 Å². The highest BCUT2D eigenvalue weighted by Gasteiger charge is 2.29. The van der Waals surface area contributed by atoms with E-state index in [0.29, 0.717) is 13.2 Å². The number of hydrogen-bond acceptors (Lipinski definition) is 2. The van der Waals surface area contributed by atoms with Crippen LogP contribution in [0.25, 0.3) is 11.1 Å². The number of ether oxygens (including phenoxy) is 1. The van der Waals surface area contributed by atoms with E-state index in [2.05, 4.69) is 36.4 Å². The highest BCUT2D eigenvalue weighted by molar-refractivity contribution is 5.79. The van der Waals surface area contributed by atoms with Crippen molar-refractivity contribution in [3.63, 3.8) is 0 Å². The van der Waals surface area contributed by atoms with Gasteiger partial charge in [0.15, 0.2) is 0 Å². The van der Waals surface area contributed by atoms with Crippen LogP contribution in [0.5, 0.6) is 0 Å². The molecule has 0 aliphatic heterocycles. The number of benzene rings is 3. The van der Waals surface area contributed by atoms with E-state index in [1.54, 1.807) is 11.9 Å². The Morgan fingerprint density at radius 1 is 0.846 bits per heavy atom. The number of nitrogens with zero attached hydrogens (tertiary/aromatic N) is 1. The Balaban J connectivity index is 1.47. The molecule has 1 amide bonds. The molecule has 0 N–H and O–H groups in total. The first-order valence-corrected chi connectivity index (χ1v) is 8.84. The molecule has 0 heterocycles. The minimum Gasteiger partial charge on any atom is -0.448 e. The summed E-state index contributed by atoms with van der Waals surface area (Å²) in [5.41, 5.74) is 6.02. The van der Waals surface area contributed by atoms with E-state index in [-0.39, 0.29) is 12.0 Å². The highest BCUT2D eigenvalue weighted by Crippen LogP contribution is 2.44. The molecule has 1 aliphatic carbocycles. The second-order valence-corrected chi connectivity index (χ2v) is 6.65. The van der Waals surface area contributed by atoms with E-state index in [1.165, 1.54) is 22.3 Å². The summed E-state index contributed by atoms with van der Waals surface area (Å²) >= 11 is 0. The first-order chi connectivity index (χ1) is 12.7. The van der Waals surface area contributed by atoms with Crippen LogP contribution in [0.15, 0.2) is 78.9 Å². The molecule has 0 radical (unpaired) electrons. The first kappa shape index (κ1) is 16.4. The number of carbonyl (C=O) groups is 1. The van der Waals surface area contributed by atoms with Crippen LogP contribution >= 0.6 is 0 Å². The summed E-state index contributed by atoms with van der Waals surface area (Å²) in [6.07, 6.45) is -0.296. The van der Waals surface area contributed by atoms with Crippen molar-refractivity contribution >= 4 is 6.09 Å². The summed E-state index contributed by atoms with van der Waals surface area (Å²) in [4.78, 5) is 14.0. The SMILES string of the molecule is CN(Cc1ccccc1)C(=O)OCC1c2ccccc2-c2ccccc21. The predicted molar refractivity (Wildman–Crippen MR) is 103 cm³/mol. The van der Waals surface area contributed by atoms with Gasteiger partial charge in [-0.1, -0.05) is 78.9 Å².